The summed E-state index contributed by atoms with van der Waals surface area (Å²) < 4.78 is 5.98. The Kier molecular flexibility index (Phi) is 5.35. The number of carbonyl (C=O) groups is 1. The van der Waals surface area contributed by atoms with Crippen molar-refractivity contribution >= 4 is 28.1 Å². The van der Waals surface area contributed by atoms with E-state index in [4.69, 9.17) is 4.74 Å². The molecule has 6 nitrogen and oxygen atoms in total. The van der Waals surface area contributed by atoms with Crippen molar-refractivity contribution in [2.75, 3.05) is 5.32 Å². The lowest BCUT2D eigenvalue weighted by Gasteiger charge is -2.19. The van der Waals surface area contributed by atoms with Gasteiger partial charge in [-0.3, -0.25) is 14.9 Å². The molecule has 3 rings (SSSR count). The molecule has 27 heavy (non-hydrogen) atoms. The van der Waals surface area contributed by atoms with E-state index >= 15 is 0 Å². The zero-order valence-corrected chi connectivity index (χ0v) is 15.1. The minimum absolute atomic E-state index is 0.0704. The summed E-state index contributed by atoms with van der Waals surface area (Å²) in [5.41, 5.74) is 1.09. The number of benzene rings is 3. The number of nitrogens with one attached hydrogen (secondary N) is 1. The fraction of sp³-hybridized carbons (Fsp3) is 0.190. The lowest BCUT2D eigenvalue weighted by atomic mass is 10.1. The highest BCUT2D eigenvalue weighted by Crippen LogP contribution is 2.27. The molecular formula is C21H20N2O4. The number of rotatable bonds is 6. The van der Waals surface area contributed by atoms with Crippen molar-refractivity contribution in [3.63, 3.8) is 0 Å². The number of amides is 1. The molecule has 138 valence electrons. The molecule has 0 aromatic heterocycles. The van der Waals surface area contributed by atoms with Gasteiger partial charge < -0.3 is 10.1 Å². The molecule has 0 radical (unpaired) electrons. The van der Waals surface area contributed by atoms with Gasteiger partial charge >= 0.3 is 0 Å². The van der Waals surface area contributed by atoms with E-state index in [1.165, 1.54) is 12.1 Å². The summed E-state index contributed by atoms with van der Waals surface area (Å²) in [5, 5.41) is 15.7. The van der Waals surface area contributed by atoms with Gasteiger partial charge in [0.05, 0.1) is 10.6 Å². The fourth-order valence-corrected chi connectivity index (χ4v) is 2.85. The Balaban J connectivity index is 1.82. The Morgan fingerprint density at radius 1 is 1.15 bits per heavy atom. The van der Waals surface area contributed by atoms with Crippen molar-refractivity contribution in [2.45, 2.75) is 26.4 Å². The van der Waals surface area contributed by atoms with Gasteiger partial charge in [-0.1, -0.05) is 49.4 Å². The van der Waals surface area contributed by atoms with E-state index < -0.39 is 11.0 Å². The zero-order chi connectivity index (χ0) is 19.4. The van der Waals surface area contributed by atoms with Crippen LogP contribution in [0.5, 0.6) is 5.75 Å². The summed E-state index contributed by atoms with van der Waals surface area (Å²) in [7, 11) is 0. The lowest BCUT2D eigenvalue weighted by Crippen LogP contribution is -2.32. The third kappa shape index (κ3) is 4.06. The zero-order valence-electron chi connectivity index (χ0n) is 15.1. The predicted octanol–water partition coefficient (Wildman–Crippen LogP) is 4.85. The van der Waals surface area contributed by atoms with E-state index in [9.17, 15) is 14.9 Å². The largest absolute Gasteiger partial charge is 0.480 e. The maximum absolute atomic E-state index is 12.7. The van der Waals surface area contributed by atoms with Gasteiger partial charge in [-0.2, -0.15) is 0 Å². The number of non-ortho nitro benzene ring substituents is 1. The third-order valence-corrected chi connectivity index (χ3v) is 4.37. The van der Waals surface area contributed by atoms with Gasteiger partial charge in [0, 0.05) is 17.5 Å². The van der Waals surface area contributed by atoms with Crippen LogP contribution in [0.4, 0.5) is 11.4 Å². The van der Waals surface area contributed by atoms with E-state index in [1.54, 1.807) is 13.0 Å². The molecule has 3 aromatic carbocycles. The van der Waals surface area contributed by atoms with Gasteiger partial charge in [0.1, 0.15) is 5.75 Å². The second-order valence-corrected chi connectivity index (χ2v) is 6.24. The Labute approximate surface area is 156 Å². The van der Waals surface area contributed by atoms with Crippen LogP contribution in [0.2, 0.25) is 0 Å². The van der Waals surface area contributed by atoms with Crippen LogP contribution in [-0.4, -0.2) is 16.9 Å². The highest BCUT2D eigenvalue weighted by atomic mass is 16.6. The van der Waals surface area contributed by atoms with E-state index in [0.29, 0.717) is 17.9 Å². The number of aryl methyl sites for hydroxylation is 1. The van der Waals surface area contributed by atoms with Crippen molar-refractivity contribution in [3.8, 4) is 5.75 Å². The second-order valence-electron chi connectivity index (χ2n) is 6.24. The first-order valence-electron chi connectivity index (χ1n) is 8.70. The quantitative estimate of drug-likeness (QED) is 0.500. The average molecular weight is 364 g/mol. The highest BCUT2D eigenvalue weighted by molar-refractivity contribution is 5.96. The number of ether oxygens (including phenoxy) is 1. The lowest BCUT2D eigenvalue weighted by molar-refractivity contribution is -0.384. The van der Waals surface area contributed by atoms with Gasteiger partial charge in [0.2, 0.25) is 0 Å². The first-order chi connectivity index (χ1) is 13.0. The molecule has 0 heterocycles. The Bertz CT molecular complexity index is 995. The summed E-state index contributed by atoms with van der Waals surface area (Å²) in [6, 6.07) is 17.9. The molecule has 0 aliphatic carbocycles. The van der Waals surface area contributed by atoms with Crippen LogP contribution >= 0.6 is 0 Å². The number of carbonyl (C=O) groups excluding carboxylic acids is 1. The van der Waals surface area contributed by atoms with Crippen LogP contribution < -0.4 is 10.1 Å². The van der Waals surface area contributed by atoms with Crippen molar-refractivity contribution in [1.29, 1.82) is 0 Å². The molecule has 0 spiro atoms. The number of anilines is 1. The number of nitro benzene ring substituents is 1. The SMILES string of the molecule is CCC(Oc1cccc2ccccc12)C(=O)Nc1cc([N+](=O)[O-])ccc1C. The molecule has 1 unspecified atom stereocenters. The van der Waals surface area contributed by atoms with Crippen LogP contribution in [0.3, 0.4) is 0 Å². The number of hydrogen-bond acceptors (Lipinski definition) is 4. The molecule has 0 saturated carbocycles. The molecule has 3 aromatic rings. The van der Waals surface area contributed by atoms with E-state index in [0.717, 1.165) is 16.3 Å². The van der Waals surface area contributed by atoms with Gasteiger partial charge in [0.15, 0.2) is 6.10 Å². The van der Waals surface area contributed by atoms with Crippen molar-refractivity contribution in [2.24, 2.45) is 0 Å². The smallest absolute Gasteiger partial charge is 0.271 e. The minimum Gasteiger partial charge on any atom is -0.480 e. The summed E-state index contributed by atoms with van der Waals surface area (Å²) in [5.74, 6) is 0.292. The number of nitro groups is 1. The summed E-state index contributed by atoms with van der Waals surface area (Å²) in [6.07, 6.45) is -0.252. The van der Waals surface area contributed by atoms with Gasteiger partial charge in [0.25, 0.3) is 11.6 Å². The first-order valence-corrected chi connectivity index (χ1v) is 8.70. The minimum atomic E-state index is -0.713. The molecule has 0 aliphatic heterocycles. The maximum Gasteiger partial charge on any atom is 0.271 e. The molecule has 6 heteroatoms. The fourth-order valence-electron chi connectivity index (χ4n) is 2.85. The molecule has 0 bridgehead atoms. The summed E-state index contributed by atoms with van der Waals surface area (Å²) >= 11 is 0. The molecule has 0 saturated heterocycles. The first kappa shape index (κ1) is 18.4. The third-order valence-electron chi connectivity index (χ3n) is 4.37. The van der Waals surface area contributed by atoms with E-state index in [-0.39, 0.29) is 11.6 Å². The topological polar surface area (TPSA) is 81.5 Å². The van der Waals surface area contributed by atoms with Gasteiger partial charge in [-0.05, 0) is 30.4 Å². The Morgan fingerprint density at radius 2 is 1.89 bits per heavy atom. The van der Waals surface area contributed by atoms with Crippen molar-refractivity contribution < 1.29 is 14.5 Å². The normalized spacial score (nSPS) is 11.8. The Hall–Kier alpha value is -3.41. The summed E-state index contributed by atoms with van der Waals surface area (Å²) in [6.45, 7) is 3.64. The molecule has 1 amide bonds. The van der Waals surface area contributed by atoms with Crippen molar-refractivity contribution in [3.05, 3.63) is 76.3 Å². The van der Waals surface area contributed by atoms with Gasteiger partial charge in [-0.25, -0.2) is 0 Å². The molecule has 1 N–H and O–H groups in total. The predicted molar refractivity (Wildman–Crippen MR) is 105 cm³/mol. The number of nitrogens with zero attached hydrogens (tertiary/aromatic N) is 1. The van der Waals surface area contributed by atoms with Crippen LogP contribution in [0.1, 0.15) is 18.9 Å². The second kappa shape index (κ2) is 7.86. The van der Waals surface area contributed by atoms with Gasteiger partial charge in [-0.15, -0.1) is 0 Å². The van der Waals surface area contributed by atoms with Crippen molar-refractivity contribution in [1.82, 2.24) is 0 Å². The standard InChI is InChI=1S/C21H20N2O4/c1-3-19(27-20-10-6-8-15-7-4-5-9-17(15)20)21(24)22-18-13-16(23(25)26)12-11-14(18)2/h4-13,19H,3H2,1-2H3,(H,22,24). The number of hydrogen-bond donors (Lipinski definition) is 1. The van der Waals surface area contributed by atoms with Crippen LogP contribution in [0.15, 0.2) is 60.7 Å². The van der Waals surface area contributed by atoms with Crippen LogP contribution in [-0.2, 0) is 4.79 Å². The molecule has 0 aliphatic rings. The van der Waals surface area contributed by atoms with Crippen LogP contribution in [0.25, 0.3) is 10.8 Å². The van der Waals surface area contributed by atoms with Crippen LogP contribution in [0, 0.1) is 17.0 Å². The Morgan fingerprint density at radius 3 is 2.63 bits per heavy atom. The average Bonchev–Trinajstić information content (AvgIpc) is 2.67. The molecule has 1 atom stereocenters. The number of fused-ring (bicyclic) bond motifs is 1. The maximum atomic E-state index is 12.7. The highest BCUT2D eigenvalue weighted by Gasteiger charge is 2.21. The van der Waals surface area contributed by atoms with E-state index in [2.05, 4.69) is 5.32 Å². The molecule has 0 fully saturated rings. The summed E-state index contributed by atoms with van der Waals surface area (Å²) in [4.78, 5) is 23.2. The monoisotopic (exact) mass is 364 g/mol. The molecular weight excluding hydrogens is 344 g/mol. The van der Waals surface area contributed by atoms with E-state index in [1.807, 2.05) is 49.4 Å².